The van der Waals surface area contributed by atoms with Gasteiger partial charge in [-0.05, 0) is 42.8 Å². The first-order chi connectivity index (χ1) is 12.0. The lowest BCUT2D eigenvalue weighted by Gasteiger charge is -2.24. The maximum Gasteiger partial charge on any atom is 0.258 e. The first kappa shape index (κ1) is 17.0. The molecular formula is C19H20FN3O2. The van der Waals surface area contributed by atoms with Crippen LogP contribution in [0.1, 0.15) is 27.1 Å². The molecule has 1 heterocycles. The second-order valence-electron chi connectivity index (χ2n) is 6.02. The fraction of sp³-hybridized carbons (Fsp3) is 0.263. The Hall–Kier alpha value is -2.89. The maximum atomic E-state index is 13.7. The van der Waals surface area contributed by atoms with Crippen LogP contribution in [0.2, 0.25) is 0 Å². The third-order valence-electron chi connectivity index (χ3n) is 4.36. The smallest absolute Gasteiger partial charge is 0.258 e. The lowest BCUT2D eigenvalue weighted by molar-refractivity contribution is 0.0963. The molecule has 0 atom stereocenters. The van der Waals surface area contributed by atoms with E-state index in [-0.39, 0.29) is 17.6 Å². The highest BCUT2D eigenvalue weighted by molar-refractivity contribution is 6.09. The Labute approximate surface area is 146 Å². The van der Waals surface area contributed by atoms with E-state index in [1.807, 2.05) is 11.9 Å². The van der Waals surface area contributed by atoms with Gasteiger partial charge in [0.2, 0.25) is 0 Å². The Morgan fingerprint density at radius 2 is 1.80 bits per heavy atom. The van der Waals surface area contributed by atoms with E-state index in [2.05, 4.69) is 5.32 Å². The highest BCUT2D eigenvalue weighted by atomic mass is 19.1. The average molecular weight is 341 g/mol. The molecule has 0 unspecified atom stereocenters. The van der Waals surface area contributed by atoms with Crippen molar-refractivity contribution in [3.8, 4) is 0 Å². The second-order valence-corrected chi connectivity index (χ2v) is 6.02. The van der Waals surface area contributed by atoms with Crippen molar-refractivity contribution >= 4 is 23.2 Å². The standard InChI is InChI=1S/C19H20FN3O2/c1-21-18(24)13-5-3-6-14(11-13)19(25)23-10-4-9-22(2)17-12-15(20)7-8-16(17)23/h3,5-8,11-12H,4,9-10H2,1-2H3,(H,21,24). The highest BCUT2D eigenvalue weighted by Gasteiger charge is 2.25. The van der Waals surface area contributed by atoms with Crippen LogP contribution in [0.25, 0.3) is 0 Å². The monoisotopic (exact) mass is 341 g/mol. The molecule has 0 spiro atoms. The van der Waals surface area contributed by atoms with Crippen LogP contribution in [0, 0.1) is 5.82 Å². The summed E-state index contributed by atoms with van der Waals surface area (Å²) in [6, 6.07) is 11.1. The largest absolute Gasteiger partial charge is 0.373 e. The molecule has 0 fully saturated rings. The minimum Gasteiger partial charge on any atom is -0.373 e. The molecule has 0 aliphatic carbocycles. The molecule has 0 radical (unpaired) electrons. The lowest BCUT2D eigenvalue weighted by Crippen LogP contribution is -2.31. The molecule has 5 nitrogen and oxygen atoms in total. The van der Waals surface area contributed by atoms with Crippen LogP contribution in [-0.2, 0) is 0 Å². The summed E-state index contributed by atoms with van der Waals surface area (Å²) in [6.45, 7) is 1.27. The molecule has 3 rings (SSSR count). The zero-order valence-corrected chi connectivity index (χ0v) is 14.3. The zero-order valence-electron chi connectivity index (χ0n) is 14.3. The first-order valence-electron chi connectivity index (χ1n) is 8.16. The van der Waals surface area contributed by atoms with Crippen molar-refractivity contribution in [3.05, 3.63) is 59.4 Å². The van der Waals surface area contributed by atoms with E-state index in [0.29, 0.717) is 29.0 Å². The predicted molar refractivity (Wildman–Crippen MR) is 95.8 cm³/mol. The number of nitrogens with one attached hydrogen (secondary N) is 1. The highest BCUT2D eigenvalue weighted by Crippen LogP contribution is 2.33. The van der Waals surface area contributed by atoms with Gasteiger partial charge in [0.05, 0.1) is 11.4 Å². The summed E-state index contributed by atoms with van der Waals surface area (Å²) < 4.78 is 13.7. The summed E-state index contributed by atoms with van der Waals surface area (Å²) in [4.78, 5) is 28.5. The van der Waals surface area contributed by atoms with Crippen molar-refractivity contribution in [1.82, 2.24) is 5.32 Å². The molecule has 0 saturated heterocycles. The second kappa shape index (κ2) is 6.93. The molecule has 0 bridgehead atoms. The van der Waals surface area contributed by atoms with Crippen molar-refractivity contribution in [3.63, 3.8) is 0 Å². The number of anilines is 2. The van der Waals surface area contributed by atoms with E-state index < -0.39 is 0 Å². The SMILES string of the molecule is CNC(=O)c1cccc(C(=O)N2CCCN(C)c3cc(F)ccc32)c1. The molecule has 2 amide bonds. The van der Waals surface area contributed by atoms with Crippen LogP contribution in [0.15, 0.2) is 42.5 Å². The van der Waals surface area contributed by atoms with Crippen LogP contribution < -0.4 is 15.1 Å². The summed E-state index contributed by atoms with van der Waals surface area (Å²) in [6.07, 6.45) is 0.772. The fourth-order valence-corrected chi connectivity index (χ4v) is 3.04. The number of hydrogen-bond acceptors (Lipinski definition) is 3. The molecule has 25 heavy (non-hydrogen) atoms. The zero-order chi connectivity index (χ0) is 18.0. The Balaban J connectivity index is 2.00. The van der Waals surface area contributed by atoms with Crippen molar-refractivity contribution < 1.29 is 14.0 Å². The van der Waals surface area contributed by atoms with Gasteiger partial charge in [0.15, 0.2) is 0 Å². The van der Waals surface area contributed by atoms with E-state index in [1.54, 1.807) is 42.3 Å². The van der Waals surface area contributed by atoms with Crippen molar-refractivity contribution in [2.75, 3.05) is 37.0 Å². The Bertz CT molecular complexity index is 822. The maximum absolute atomic E-state index is 13.7. The van der Waals surface area contributed by atoms with Crippen LogP contribution >= 0.6 is 0 Å². The van der Waals surface area contributed by atoms with Crippen LogP contribution in [0.3, 0.4) is 0 Å². The van der Waals surface area contributed by atoms with Crippen LogP contribution in [-0.4, -0.2) is 39.0 Å². The molecule has 2 aromatic rings. The van der Waals surface area contributed by atoms with E-state index in [4.69, 9.17) is 0 Å². The van der Waals surface area contributed by atoms with Gasteiger partial charge in [-0.15, -0.1) is 0 Å². The third kappa shape index (κ3) is 3.33. The molecule has 1 N–H and O–H groups in total. The summed E-state index contributed by atoms with van der Waals surface area (Å²) in [5.74, 6) is -0.775. The Morgan fingerprint density at radius 1 is 1.04 bits per heavy atom. The number of benzene rings is 2. The first-order valence-corrected chi connectivity index (χ1v) is 8.16. The third-order valence-corrected chi connectivity index (χ3v) is 4.36. The van der Waals surface area contributed by atoms with Gasteiger partial charge in [0.25, 0.3) is 11.8 Å². The van der Waals surface area contributed by atoms with Gasteiger partial charge >= 0.3 is 0 Å². The van der Waals surface area contributed by atoms with Gasteiger partial charge in [-0.1, -0.05) is 6.07 Å². The van der Waals surface area contributed by atoms with E-state index in [9.17, 15) is 14.0 Å². The molecule has 0 saturated carbocycles. The summed E-state index contributed by atoms with van der Waals surface area (Å²) >= 11 is 0. The number of rotatable bonds is 2. The van der Waals surface area contributed by atoms with Gasteiger partial charge < -0.3 is 15.1 Å². The van der Waals surface area contributed by atoms with E-state index in [0.717, 1.165) is 13.0 Å². The number of hydrogen-bond donors (Lipinski definition) is 1. The molecule has 1 aliphatic rings. The molecule has 0 aromatic heterocycles. The summed E-state index contributed by atoms with van der Waals surface area (Å²) in [7, 11) is 3.44. The molecule has 130 valence electrons. The quantitative estimate of drug-likeness (QED) is 0.914. The van der Waals surface area contributed by atoms with Gasteiger partial charge in [-0.25, -0.2) is 4.39 Å². The molecular weight excluding hydrogens is 321 g/mol. The molecule has 6 heteroatoms. The summed E-state index contributed by atoms with van der Waals surface area (Å²) in [5, 5.41) is 2.55. The number of amides is 2. The number of nitrogens with zero attached hydrogens (tertiary/aromatic N) is 2. The van der Waals surface area contributed by atoms with Crippen molar-refractivity contribution in [2.24, 2.45) is 0 Å². The van der Waals surface area contributed by atoms with Gasteiger partial charge in [0.1, 0.15) is 5.82 Å². The minimum absolute atomic E-state index is 0.200. The topological polar surface area (TPSA) is 52.7 Å². The van der Waals surface area contributed by atoms with Gasteiger partial charge in [0, 0.05) is 38.3 Å². The van der Waals surface area contributed by atoms with Crippen molar-refractivity contribution in [1.29, 1.82) is 0 Å². The molecule has 2 aromatic carbocycles. The Morgan fingerprint density at radius 3 is 2.56 bits per heavy atom. The predicted octanol–water partition coefficient (Wildman–Crippen LogP) is 2.67. The van der Waals surface area contributed by atoms with E-state index >= 15 is 0 Å². The minimum atomic E-state index is -0.332. The van der Waals surface area contributed by atoms with Gasteiger partial charge in [-0.3, -0.25) is 9.59 Å². The Kier molecular flexibility index (Phi) is 4.70. The molecule has 1 aliphatic heterocycles. The van der Waals surface area contributed by atoms with Crippen LogP contribution in [0.5, 0.6) is 0 Å². The van der Waals surface area contributed by atoms with Gasteiger partial charge in [-0.2, -0.15) is 0 Å². The fourth-order valence-electron chi connectivity index (χ4n) is 3.04. The number of fused-ring (bicyclic) bond motifs is 1. The lowest BCUT2D eigenvalue weighted by atomic mass is 10.1. The summed E-state index contributed by atoms with van der Waals surface area (Å²) in [5.41, 5.74) is 2.23. The number of halogens is 1. The van der Waals surface area contributed by atoms with E-state index in [1.165, 1.54) is 12.1 Å². The van der Waals surface area contributed by atoms with Crippen molar-refractivity contribution in [2.45, 2.75) is 6.42 Å². The number of carbonyl (C=O) groups excluding carboxylic acids is 2. The number of carbonyl (C=O) groups is 2. The average Bonchev–Trinajstić information content (AvgIpc) is 2.79. The van der Waals surface area contributed by atoms with Crippen LogP contribution in [0.4, 0.5) is 15.8 Å². The normalized spacial score (nSPS) is 13.9.